The lowest BCUT2D eigenvalue weighted by Crippen LogP contribution is -2.34. The molecule has 0 radical (unpaired) electrons. The first-order valence-electron chi connectivity index (χ1n) is 11.2. The SMILES string of the molecule is Cc1ccccc1OCC(O)CN(C)CCC(Oc1ccc(C(F)(F)F)cc1)c1ccccc1. The van der Waals surface area contributed by atoms with Gasteiger partial charge in [-0.05, 0) is 55.4 Å². The van der Waals surface area contributed by atoms with E-state index in [1.54, 1.807) is 0 Å². The van der Waals surface area contributed by atoms with Crippen LogP contribution in [0.2, 0.25) is 0 Å². The van der Waals surface area contributed by atoms with Crippen molar-refractivity contribution < 1.29 is 27.8 Å². The molecule has 3 aromatic carbocycles. The number of para-hydroxylation sites is 1. The first-order valence-corrected chi connectivity index (χ1v) is 11.2. The molecule has 0 aliphatic heterocycles. The second kappa shape index (κ2) is 11.9. The van der Waals surface area contributed by atoms with E-state index < -0.39 is 17.8 Å². The Balaban J connectivity index is 1.56. The summed E-state index contributed by atoms with van der Waals surface area (Å²) in [5.74, 6) is 1.12. The highest BCUT2D eigenvalue weighted by molar-refractivity contribution is 5.32. The number of benzene rings is 3. The van der Waals surface area contributed by atoms with Crippen LogP contribution in [-0.4, -0.2) is 42.9 Å². The first kappa shape index (κ1) is 25.6. The Labute approximate surface area is 198 Å². The smallest absolute Gasteiger partial charge is 0.416 e. The molecule has 4 nitrogen and oxygen atoms in total. The van der Waals surface area contributed by atoms with Gasteiger partial charge in [-0.2, -0.15) is 13.2 Å². The highest BCUT2D eigenvalue weighted by atomic mass is 19.4. The zero-order chi connectivity index (χ0) is 24.6. The number of halogens is 3. The number of rotatable bonds is 11. The highest BCUT2D eigenvalue weighted by Gasteiger charge is 2.30. The zero-order valence-corrected chi connectivity index (χ0v) is 19.3. The minimum atomic E-state index is -4.39. The largest absolute Gasteiger partial charge is 0.491 e. The van der Waals surface area contributed by atoms with Crippen molar-refractivity contribution in [3.63, 3.8) is 0 Å². The van der Waals surface area contributed by atoms with Crippen molar-refractivity contribution in [2.45, 2.75) is 31.7 Å². The van der Waals surface area contributed by atoms with Crippen molar-refractivity contribution in [3.05, 3.63) is 95.6 Å². The Hall–Kier alpha value is -3.03. The second-order valence-electron chi connectivity index (χ2n) is 8.32. The molecule has 1 N–H and O–H groups in total. The van der Waals surface area contributed by atoms with E-state index in [1.165, 1.54) is 12.1 Å². The zero-order valence-electron chi connectivity index (χ0n) is 19.3. The summed E-state index contributed by atoms with van der Waals surface area (Å²) in [6, 6.07) is 21.9. The number of alkyl halides is 3. The molecule has 0 amide bonds. The molecule has 0 aliphatic carbocycles. The summed E-state index contributed by atoms with van der Waals surface area (Å²) >= 11 is 0. The van der Waals surface area contributed by atoms with Gasteiger partial charge in [0.25, 0.3) is 0 Å². The highest BCUT2D eigenvalue weighted by Crippen LogP contribution is 2.32. The van der Waals surface area contributed by atoms with Gasteiger partial charge in [0.15, 0.2) is 0 Å². The Morgan fingerprint density at radius 1 is 0.912 bits per heavy atom. The maximum Gasteiger partial charge on any atom is 0.416 e. The van der Waals surface area contributed by atoms with E-state index in [-0.39, 0.29) is 12.7 Å². The number of aryl methyl sites for hydroxylation is 1. The third kappa shape index (κ3) is 7.78. The van der Waals surface area contributed by atoms with Crippen LogP contribution < -0.4 is 9.47 Å². The molecule has 3 rings (SSSR count). The monoisotopic (exact) mass is 473 g/mol. The maximum absolute atomic E-state index is 12.9. The molecule has 0 fully saturated rings. The van der Waals surface area contributed by atoms with E-state index in [1.807, 2.05) is 73.5 Å². The molecule has 3 aromatic rings. The number of nitrogens with zero attached hydrogens (tertiary/aromatic N) is 1. The van der Waals surface area contributed by atoms with Crippen molar-refractivity contribution in [1.82, 2.24) is 4.90 Å². The molecule has 2 unspecified atom stereocenters. The Morgan fingerprint density at radius 3 is 2.21 bits per heavy atom. The average Bonchev–Trinajstić information content (AvgIpc) is 2.81. The normalized spacial score (nSPS) is 13.5. The van der Waals surface area contributed by atoms with Gasteiger partial charge in [-0.3, -0.25) is 0 Å². The third-order valence-corrected chi connectivity index (χ3v) is 5.45. The van der Waals surface area contributed by atoms with Gasteiger partial charge in [0.1, 0.15) is 30.3 Å². The molecule has 0 saturated carbocycles. The molecular formula is C27H30F3NO3. The van der Waals surface area contributed by atoms with E-state index in [0.717, 1.165) is 29.0 Å². The van der Waals surface area contributed by atoms with Crippen LogP contribution in [0.3, 0.4) is 0 Å². The van der Waals surface area contributed by atoms with Crippen molar-refractivity contribution in [2.75, 3.05) is 26.7 Å². The van der Waals surface area contributed by atoms with Gasteiger partial charge in [-0.1, -0.05) is 48.5 Å². The van der Waals surface area contributed by atoms with Crippen LogP contribution in [-0.2, 0) is 6.18 Å². The number of hydrogen-bond acceptors (Lipinski definition) is 4. The fourth-order valence-electron chi connectivity index (χ4n) is 3.59. The van der Waals surface area contributed by atoms with Crippen molar-refractivity contribution in [3.8, 4) is 11.5 Å². The predicted molar refractivity (Wildman–Crippen MR) is 126 cm³/mol. The summed E-state index contributed by atoms with van der Waals surface area (Å²) in [6.07, 6.45) is -4.81. The van der Waals surface area contributed by atoms with E-state index in [0.29, 0.717) is 25.3 Å². The quantitative estimate of drug-likeness (QED) is 0.377. The number of aliphatic hydroxyl groups is 1. The number of hydrogen-bond donors (Lipinski definition) is 1. The summed E-state index contributed by atoms with van der Waals surface area (Å²) in [6.45, 7) is 3.16. The number of aliphatic hydroxyl groups excluding tert-OH is 1. The molecule has 0 aromatic heterocycles. The molecule has 34 heavy (non-hydrogen) atoms. The summed E-state index contributed by atoms with van der Waals surface area (Å²) in [5.41, 5.74) is 1.23. The topological polar surface area (TPSA) is 41.9 Å². The second-order valence-corrected chi connectivity index (χ2v) is 8.32. The molecule has 2 atom stereocenters. The minimum Gasteiger partial charge on any atom is -0.491 e. The Morgan fingerprint density at radius 2 is 1.56 bits per heavy atom. The first-order chi connectivity index (χ1) is 16.2. The number of likely N-dealkylation sites (N-methyl/N-ethyl adjacent to an activating group) is 1. The van der Waals surface area contributed by atoms with Crippen LogP contribution in [0.1, 0.15) is 29.2 Å². The van der Waals surface area contributed by atoms with Crippen LogP contribution in [0.25, 0.3) is 0 Å². The van der Waals surface area contributed by atoms with Crippen LogP contribution in [0.4, 0.5) is 13.2 Å². The third-order valence-electron chi connectivity index (χ3n) is 5.45. The summed E-state index contributed by atoms with van der Waals surface area (Å²) in [4.78, 5) is 1.98. The van der Waals surface area contributed by atoms with Crippen molar-refractivity contribution in [2.24, 2.45) is 0 Å². The molecule has 0 saturated heterocycles. The van der Waals surface area contributed by atoms with Gasteiger partial charge >= 0.3 is 6.18 Å². The number of ether oxygens (including phenoxy) is 2. The standard InChI is InChI=1S/C27H30F3NO3/c1-20-8-6-7-11-25(20)33-19-23(32)18-31(2)17-16-26(21-9-4-3-5-10-21)34-24-14-12-22(13-15-24)27(28,29)30/h3-15,23,26,32H,16-19H2,1-2H3. The molecule has 0 spiro atoms. The van der Waals surface area contributed by atoms with E-state index >= 15 is 0 Å². The lowest BCUT2D eigenvalue weighted by molar-refractivity contribution is -0.137. The fraction of sp³-hybridized carbons (Fsp3) is 0.333. The maximum atomic E-state index is 12.9. The van der Waals surface area contributed by atoms with Gasteiger partial charge in [0.2, 0.25) is 0 Å². The molecule has 7 heteroatoms. The van der Waals surface area contributed by atoms with Crippen LogP contribution >= 0.6 is 0 Å². The van der Waals surface area contributed by atoms with E-state index in [2.05, 4.69) is 0 Å². The van der Waals surface area contributed by atoms with E-state index in [4.69, 9.17) is 9.47 Å². The summed E-state index contributed by atoms with van der Waals surface area (Å²) in [5, 5.41) is 10.4. The van der Waals surface area contributed by atoms with Gasteiger partial charge in [-0.25, -0.2) is 0 Å². The van der Waals surface area contributed by atoms with Crippen molar-refractivity contribution in [1.29, 1.82) is 0 Å². The summed E-state index contributed by atoms with van der Waals surface area (Å²) < 4.78 is 50.4. The minimum absolute atomic E-state index is 0.180. The van der Waals surface area contributed by atoms with Gasteiger partial charge < -0.3 is 19.5 Å². The lowest BCUT2D eigenvalue weighted by Gasteiger charge is -2.25. The van der Waals surface area contributed by atoms with Gasteiger partial charge in [0.05, 0.1) is 5.56 Å². The van der Waals surface area contributed by atoms with E-state index in [9.17, 15) is 18.3 Å². The summed E-state index contributed by atoms with van der Waals surface area (Å²) in [7, 11) is 1.90. The van der Waals surface area contributed by atoms with Gasteiger partial charge in [-0.15, -0.1) is 0 Å². The van der Waals surface area contributed by atoms with Crippen LogP contribution in [0, 0.1) is 6.92 Å². The Kier molecular flexibility index (Phi) is 8.96. The van der Waals surface area contributed by atoms with Crippen LogP contribution in [0.15, 0.2) is 78.9 Å². The Bertz CT molecular complexity index is 1010. The predicted octanol–water partition coefficient (Wildman–Crippen LogP) is 5.90. The molecule has 0 bridgehead atoms. The van der Waals surface area contributed by atoms with Crippen molar-refractivity contribution >= 4 is 0 Å². The average molecular weight is 474 g/mol. The molecular weight excluding hydrogens is 443 g/mol. The van der Waals surface area contributed by atoms with Crippen LogP contribution in [0.5, 0.6) is 11.5 Å². The van der Waals surface area contributed by atoms with Gasteiger partial charge in [0, 0.05) is 19.5 Å². The molecule has 0 heterocycles. The molecule has 0 aliphatic rings. The fourth-order valence-corrected chi connectivity index (χ4v) is 3.59. The molecule has 182 valence electrons. The lowest BCUT2D eigenvalue weighted by atomic mass is 10.1.